The van der Waals surface area contributed by atoms with Crippen LogP contribution in [0.2, 0.25) is 0 Å². The number of piperidine rings is 2. The first-order chi connectivity index (χ1) is 14.5. The normalized spacial score (nSPS) is 19.6. The van der Waals surface area contributed by atoms with Crippen molar-refractivity contribution in [3.63, 3.8) is 0 Å². The van der Waals surface area contributed by atoms with Gasteiger partial charge in [-0.2, -0.15) is 4.98 Å². The molecule has 1 unspecified atom stereocenters. The van der Waals surface area contributed by atoms with Gasteiger partial charge < -0.3 is 26.6 Å². The molecule has 1 aromatic heterocycles. The number of carbonyl (C=O) groups is 2. The van der Waals surface area contributed by atoms with Gasteiger partial charge in [0.25, 0.3) is 5.91 Å². The minimum atomic E-state index is -0.609. The van der Waals surface area contributed by atoms with Crippen molar-refractivity contribution in [1.29, 1.82) is 0 Å². The standard InChI is InChI=1S/C21H27N7O2/c22-14-5-4-9-27(13-14)21-24-12-17(19(23)30)20(26-21)25-15-6-3-7-16(11-15)28-10-2-1-8-18(28)29/h3,6-7,11-12,14H,1-2,4-5,8-10,13,22H2,(H2,23,30)(H,24,25,26). The van der Waals surface area contributed by atoms with Gasteiger partial charge >= 0.3 is 0 Å². The van der Waals surface area contributed by atoms with E-state index in [1.807, 2.05) is 29.2 Å². The van der Waals surface area contributed by atoms with E-state index in [0.717, 1.165) is 37.9 Å². The Bertz CT molecular complexity index is 949. The molecule has 4 rings (SSSR count). The van der Waals surface area contributed by atoms with Crippen LogP contribution in [0.5, 0.6) is 0 Å². The second kappa shape index (κ2) is 8.66. The van der Waals surface area contributed by atoms with E-state index in [-0.39, 0.29) is 17.5 Å². The lowest BCUT2D eigenvalue weighted by atomic mass is 10.1. The molecule has 30 heavy (non-hydrogen) atoms. The number of nitrogens with one attached hydrogen (secondary N) is 1. The zero-order valence-electron chi connectivity index (χ0n) is 16.9. The minimum Gasteiger partial charge on any atom is -0.365 e. The number of anilines is 4. The Morgan fingerprint density at radius 3 is 2.83 bits per heavy atom. The predicted octanol–water partition coefficient (Wildman–Crippen LogP) is 1.76. The molecule has 0 saturated carbocycles. The first-order valence-corrected chi connectivity index (χ1v) is 10.4. The van der Waals surface area contributed by atoms with Gasteiger partial charge in [-0.3, -0.25) is 9.59 Å². The second-order valence-electron chi connectivity index (χ2n) is 7.82. The fourth-order valence-corrected chi connectivity index (χ4v) is 3.96. The molecule has 2 aliphatic rings. The molecule has 2 saturated heterocycles. The zero-order chi connectivity index (χ0) is 21.1. The molecule has 0 spiro atoms. The fraction of sp³-hybridized carbons (Fsp3) is 0.429. The minimum absolute atomic E-state index is 0.0772. The van der Waals surface area contributed by atoms with Gasteiger partial charge in [-0.05, 0) is 43.9 Å². The SMILES string of the molecule is NC(=O)c1cnc(N2CCCC(N)C2)nc1Nc1cccc(N2CCCCC2=O)c1. The molecule has 1 aromatic carbocycles. The maximum absolute atomic E-state index is 12.3. The van der Waals surface area contributed by atoms with E-state index < -0.39 is 5.91 Å². The number of rotatable bonds is 5. The van der Waals surface area contributed by atoms with Crippen molar-refractivity contribution in [1.82, 2.24) is 9.97 Å². The van der Waals surface area contributed by atoms with Crippen LogP contribution in [0.4, 0.5) is 23.1 Å². The van der Waals surface area contributed by atoms with Crippen LogP contribution >= 0.6 is 0 Å². The Morgan fingerprint density at radius 2 is 2.07 bits per heavy atom. The molecule has 0 aliphatic carbocycles. The number of hydrogen-bond donors (Lipinski definition) is 3. The third kappa shape index (κ3) is 4.35. The topological polar surface area (TPSA) is 130 Å². The molecular formula is C21H27N7O2. The summed E-state index contributed by atoms with van der Waals surface area (Å²) in [7, 11) is 0. The van der Waals surface area contributed by atoms with E-state index in [1.54, 1.807) is 4.90 Å². The number of hydrogen-bond acceptors (Lipinski definition) is 7. The monoisotopic (exact) mass is 409 g/mol. The van der Waals surface area contributed by atoms with Crippen LogP contribution in [0, 0.1) is 0 Å². The number of amides is 2. The Hall–Kier alpha value is -3.20. The van der Waals surface area contributed by atoms with E-state index in [0.29, 0.717) is 37.0 Å². The average molecular weight is 409 g/mol. The smallest absolute Gasteiger partial charge is 0.254 e. The summed E-state index contributed by atoms with van der Waals surface area (Å²) in [4.78, 5) is 36.9. The highest BCUT2D eigenvalue weighted by atomic mass is 16.2. The predicted molar refractivity (Wildman–Crippen MR) is 116 cm³/mol. The lowest BCUT2D eigenvalue weighted by Crippen LogP contribution is -2.43. The second-order valence-corrected chi connectivity index (χ2v) is 7.82. The van der Waals surface area contributed by atoms with Crippen molar-refractivity contribution in [2.75, 3.05) is 34.8 Å². The molecule has 9 heteroatoms. The fourth-order valence-electron chi connectivity index (χ4n) is 3.96. The van der Waals surface area contributed by atoms with Crippen molar-refractivity contribution in [3.8, 4) is 0 Å². The third-order valence-corrected chi connectivity index (χ3v) is 5.53. The number of aromatic nitrogens is 2. The maximum Gasteiger partial charge on any atom is 0.254 e. The van der Waals surface area contributed by atoms with Gasteiger partial charge in [0.15, 0.2) is 0 Å². The Kier molecular flexibility index (Phi) is 5.80. The van der Waals surface area contributed by atoms with E-state index in [1.165, 1.54) is 6.20 Å². The molecule has 3 heterocycles. The van der Waals surface area contributed by atoms with E-state index >= 15 is 0 Å². The van der Waals surface area contributed by atoms with Crippen LogP contribution in [0.1, 0.15) is 42.5 Å². The number of primary amides is 1. The molecule has 2 aromatic rings. The summed E-state index contributed by atoms with van der Waals surface area (Å²) >= 11 is 0. The van der Waals surface area contributed by atoms with Crippen molar-refractivity contribution in [2.45, 2.75) is 38.1 Å². The molecule has 158 valence electrons. The van der Waals surface area contributed by atoms with Crippen molar-refractivity contribution in [3.05, 3.63) is 36.0 Å². The Labute approximate surface area is 175 Å². The first-order valence-electron chi connectivity index (χ1n) is 10.4. The van der Waals surface area contributed by atoms with Gasteiger partial charge in [0.1, 0.15) is 11.4 Å². The van der Waals surface area contributed by atoms with E-state index in [2.05, 4.69) is 15.3 Å². The van der Waals surface area contributed by atoms with Crippen LogP contribution < -0.4 is 26.6 Å². The molecule has 1 atom stereocenters. The zero-order valence-corrected chi connectivity index (χ0v) is 16.9. The highest BCUT2D eigenvalue weighted by Gasteiger charge is 2.22. The molecule has 2 fully saturated rings. The van der Waals surface area contributed by atoms with Gasteiger partial charge in [-0.1, -0.05) is 6.07 Å². The third-order valence-electron chi connectivity index (χ3n) is 5.53. The summed E-state index contributed by atoms with van der Waals surface area (Å²) in [5.41, 5.74) is 13.4. The van der Waals surface area contributed by atoms with Gasteiger partial charge in [0.05, 0.1) is 0 Å². The Balaban J connectivity index is 1.61. The van der Waals surface area contributed by atoms with Crippen LogP contribution in [0.3, 0.4) is 0 Å². The van der Waals surface area contributed by atoms with Gasteiger partial charge in [0, 0.05) is 49.7 Å². The molecular weight excluding hydrogens is 382 g/mol. The summed E-state index contributed by atoms with van der Waals surface area (Å²) in [6.07, 6.45) is 5.88. The lowest BCUT2D eigenvalue weighted by molar-refractivity contribution is -0.119. The van der Waals surface area contributed by atoms with E-state index in [9.17, 15) is 9.59 Å². The molecule has 2 amide bonds. The molecule has 0 bridgehead atoms. The summed E-state index contributed by atoms with van der Waals surface area (Å²) in [5, 5.41) is 3.19. The largest absolute Gasteiger partial charge is 0.365 e. The van der Waals surface area contributed by atoms with Crippen LogP contribution in [-0.2, 0) is 4.79 Å². The van der Waals surface area contributed by atoms with E-state index in [4.69, 9.17) is 11.5 Å². The molecule has 0 radical (unpaired) electrons. The average Bonchev–Trinajstić information content (AvgIpc) is 2.74. The number of nitrogens with two attached hydrogens (primary N) is 2. The van der Waals surface area contributed by atoms with Gasteiger partial charge in [-0.15, -0.1) is 0 Å². The highest BCUT2D eigenvalue weighted by molar-refractivity contribution is 5.98. The number of benzene rings is 1. The van der Waals surface area contributed by atoms with Crippen LogP contribution in [-0.4, -0.2) is 47.5 Å². The first kappa shape index (κ1) is 20.1. The van der Waals surface area contributed by atoms with Crippen molar-refractivity contribution in [2.24, 2.45) is 11.5 Å². The van der Waals surface area contributed by atoms with Gasteiger partial charge in [0.2, 0.25) is 11.9 Å². The lowest BCUT2D eigenvalue weighted by Gasteiger charge is -2.31. The molecule has 2 aliphatic heterocycles. The summed E-state index contributed by atoms with van der Waals surface area (Å²) in [6, 6.07) is 7.60. The summed E-state index contributed by atoms with van der Waals surface area (Å²) in [6.45, 7) is 2.19. The summed E-state index contributed by atoms with van der Waals surface area (Å²) in [5.74, 6) is 0.373. The number of nitrogens with zero attached hydrogens (tertiary/aromatic N) is 4. The quantitative estimate of drug-likeness (QED) is 0.686. The summed E-state index contributed by atoms with van der Waals surface area (Å²) < 4.78 is 0. The molecule has 5 N–H and O–H groups in total. The van der Waals surface area contributed by atoms with Gasteiger partial charge in [-0.25, -0.2) is 4.98 Å². The van der Waals surface area contributed by atoms with Crippen molar-refractivity contribution >= 4 is 35.0 Å². The highest BCUT2D eigenvalue weighted by Crippen LogP contribution is 2.27. The Morgan fingerprint density at radius 1 is 1.20 bits per heavy atom. The van der Waals surface area contributed by atoms with Crippen LogP contribution in [0.25, 0.3) is 0 Å². The van der Waals surface area contributed by atoms with Crippen molar-refractivity contribution < 1.29 is 9.59 Å². The molecule has 9 nitrogen and oxygen atoms in total. The maximum atomic E-state index is 12.3. The van der Waals surface area contributed by atoms with Crippen LogP contribution in [0.15, 0.2) is 30.5 Å². The number of carbonyl (C=O) groups excluding carboxylic acids is 2.